The largest absolute Gasteiger partial charge is 0.461 e. The molecule has 8 heteroatoms. The van der Waals surface area contributed by atoms with E-state index >= 15 is 0 Å². The first-order chi connectivity index (χ1) is 11.7. The van der Waals surface area contributed by atoms with Gasteiger partial charge in [0.2, 0.25) is 5.76 Å². The molecule has 0 aliphatic rings. The van der Waals surface area contributed by atoms with Gasteiger partial charge in [-0.15, -0.1) is 0 Å². The molecule has 24 heavy (non-hydrogen) atoms. The van der Waals surface area contributed by atoms with Gasteiger partial charge in [-0.3, -0.25) is 0 Å². The van der Waals surface area contributed by atoms with Crippen molar-refractivity contribution in [3.63, 3.8) is 0 Å². The van der Waals surface area contributed by atoms with E-state index in [-0.39, 0.29) is 5.88 Å². The maximum Gasteiger partial charge on any atom is 0.414 e. The predicted octanol–water partition coefficient (Wildman–Crippen LogP) is 3.79. The highest BCUT2D eigenvalue weighted by Gasteiger charge is 2.12. The smallest absolute Gasteiger partial charge is 0.414 e. The zero-order valence-corrected chi connectivity index (χ0v) is 13.2. The zero-order valence-electron chi connectivity index (χ0n) is 12.5. The molecule has 124 valence electrons. The summed E-state index contributed by atoms with van der Waals surface area (Å²) in [5, 5.41) is 10.1. The fourth-order valence-corrected chi connectivity index (χ4v) is 2.04. The molecule has 0 saturated carbocycles. The molecule has 0 radical (unpaired) electrons. The molecule has 0 bridgehead atoms. The Morgan fingerprint density at radius 3 is 2.75 bits per heavy atom. The number of carbonyl (C=O) groups is 1. The summed E-state index contributed by atoms with van der Waals surface area (Å²) >= 11 is 5.81. The highest BCUT2D eigenvalue weighted by Crippen LogP contribution is 2.23. The fraction of sp³-hybridized carbons (Fsp3) is 0.125. The van der Waals surface area contributed by atoms with Crippen LogP contribution in [0.15, 0.2) is 57.7 Å². The molecule has 0 atom stereocenters. The van der Waals surface area contributed by atoms with Crippen LogP contribution in [0.5, 0.6) is 5.88 Å². The number of amides is 1. The Hall–Kier alpha value is -2.93. The van der Waals surface area contributed by atoms with Crippen molar-refractivity contribution in [3.8, 4) is 17.4 Å². The minimum absolute atomic E-state index is 0.0598. The van der Waals surface area contributed by atoms with Crippen molar-refractivity contribution in [2.24, 2.45) is 0 Å². The van der Waals surface area contributed by atoms with E-state index in [1.54, 1.807) is 24.3 Å². The van der Waals surface area contributed by atoms with Crippen LogP contribution in [-0.4, -0.2) is 24.3 Å². The van der Waals surface area contributed by atoms with Crippen LogP contribution in [0.3, 0.4) is 0 Å². The van der Waals surface area contributed by atoms with E-state index < -0.39 is 6.09 Å². The van der Waals surface area contributed by atoms with E-state index in [9.17, 15) is 4.79 Å². The lowest BCUT2D eigenvalue weighted by atomic mass is 10.3. The Morgan fingerprint density at radius 1 is 1.17 bits per heavy atom. The molecule has 0 saturated heterocycles. The number of ether oxygens (including phenoxy) is 1. The van der Waals surface area contributed by atoms with Crippen LogP contribution < -0.4 is 15.4 Å². The standard InChI is InChI=1S/C16H14ClN3O4/c17-11-3-5-12(6-4-11)18-7-8-19-16(21)23-15-10-14(24-20-15)13-2-1-9-22-13/h1-6,9-10,18H,7-8H2,(H,19,21). The summed E-state index contributed by atoms with van der Waals surface area (Å²) in [6.45, 7) is 0.914. The summed E-state index contributed by atoms with van der Waals surface area (Å²) in [5.74, 6) is 0.946. The van der Waals surface area contributed by atoms with Crippen molar-refractivity contribution in [3.05, 3.63) is 53.8 Å². The molecule has 1 aromatic carbocycles. The number of anilines is 1. The maximum atomic E-state index is 11.7. The second kappa shape index (κ2) is 7.56. The quantitative estimate of drug-likeness (QED) is 0.659. The molecule has 0 aliphatic heterocycles. The van der Waals surface area contributed by atoms with Gasteiger partial charge in [-0.05, 0) is 41.6 Å². The van der Waals surface area contributed by atoms with Crippen molar-refractivity contribution >= 4 is 23.4 Å². The Kier molecular flexibility index (Phi) is 5.02. The third kappa shape index (κ3) is 4.30. The van der Waals surface area contributed by atoms with Crippen molar-refractivity contribution in [1.82, 2.24) is 10.5 Å². The first-order valence-corrected chi connectivity index (χ1v) is 7.54. The van der Waals surface area contributed by atoms with E-state index in [4.69, 9.17) is 25.3 Å². The third-order valence-corrected chi connectivity index (χ3v) is 3.27. The number of hydrogen-bond donors (Lipinski definition) is 2. The first kappa shape index (κ1) is 15.9. The Bertz CT molecular complexity index is 784. The van der Waals surface area contributed by atoms with E-state index in [2.05, 4.69) is 15.8 Å². The van der Waals surface area contributed by atoms with Gasteiger partial charge >= 0.3 is 6.09 Å². The molecule has 0 aliphatic carbocycles. The molecule has 3 rings (SSSR count). The normalized spacial score (nSPS) is 10.4. The van der Waals surface area contributed by atoms with E-state index in [1.807, 2.05) is 12.1 Å². The number of nitrogens with zero attached hydrogens (tertiary/aromatic N) is 1. The summed E-state index contributed by atoms with van der Waals surface area (Å²) < 4.78 is 15.2. The van der Waals surface area contributed by atoms with Crippen LogP contribution in [-0.2, 0) is 0 Å². The van der Waals surface area contributed by atoms with Gasteiger partial charge in [0.05, 0.1) is 12.3 Å². The summed E-state index contributed by atoms with van der Waals surface area (Å²) in [4.78, 5) is 11.7. The number of hydrogen-bond acceptors (Lipinski definition) is 6. The topological polar surface area (TPSA) is 89.5 Å². The lowest BCUT2D eigenvalue weighted by Gasteiger charge is -2.07. The van der Waals surface area contributed by atoms with Gasteiger partial charge in [-0.25, -0.2) is 4.79 Å². The molecule has 2 heterocycles. The summed E-state index contributed by atoms with van der Waals surface area (Å²) in [7, 11) is 0. The molecule has 3 aromatic rings. The second-order valence-corrected chi connectivity index (χ2v) is 5.19. The molecule has 0 fully saturated rings. The van der Waals surface area contributed by atoms with Crippen molar-refractivity contribution in [2.45, 2.75) is 0 Å². The number of furan rings is 1. The van der Waals surface area contributed by atoms with Gasteiger partial charge in [0.25, 0.3) is 5.88 Å². The molecular formula is C16H14ClN3O4. The van der Waals surface area contributed by atoms with Crippen LogP contribution in [0.25, 0.3) is 11.5 Å². The van der Waals surface area contributed by atoms with Crippen LogP contribution in [0.4, 0.5) is 10.5 Å². The Morgan fingerprint density at radius 2 is 2.00 bits per heavy atom. The minimum atomic E-state index is -0.618. The lowest BCUT2D eigenvalue weighted by Crippen LogP contribution is -2.31. The average Bonchev–Trinajstić information content (AvgIpc) is 3.24. The highest BCUT2D eigenvalue weighted by molar-refractivity contribution is 6.30. The van der Waals surface area contributed by atoms with Crippen molar-refractivity contribution in [2.75, 3.05) is 18.4 Å². The zero-order chi connectivity index (χ0) is 16.8. The van der Waals surface area contributed by atoms with E-state index in [1.165, 1.54) is 12.3 Å². The Balaban J connectivity index is 1.40. The highest BCUT2D eigenvalue weighted by atomic mass is 35.5. The molecular weight excluding hydrogens is 334 g/mol. The van der Waals surface area contributed by atoms with Gasteiger partial charge < -0.3 is 24.3 Å². The van der Waals surface area contributed by atoms with Crippen LogP contribution in [0, 0.1) is 0 Å². The number of carbonyl (C=O) groups excluding carboxylic acids is 1. The third-order valence-electron chi connectivity index (χ3n) is 3.02. The van der Waals surface area contributed by atoms with Gasteiger partial charge in [0.1, 0.15) is 0 Å². The van der Waals surface area contributed by atoms with Gasteiger partial charge in [-0.1, -0.05) is 11.6 Å². The van der Waals surface area contributed by atoms with E-state index in [0.717, 1.165) is 5.69 Å². The number of rotatable bonds is 6. The molecule has 0 spiro atoms. The number of nitrogens with one attached hydrogen (secondary N) is 2. The molecule has 2 aromatic heterocycles. The number of aromatic nitrogens is 1. The molecule has 7 nitrogen and oxygen atoms in total. The second-order valence-electron chi connectivity index (χ2n) is 4.76. The van der Waals surface area contributed by atoms with Gasteiger partial charge in [0, 0.05) is 23.8 Å². The lowest BCUT2D eigenvalue weighted by molar-refractivity contribution is 0.196. The van der Waals surface area contributed by atoms with Crippen LogP contribution in [0.1, 0.15) is 0 Å². The molecule has 0 unspecified atom stereocenters. The average molecular weight is 348 g/mol. The predicted molar refractivity (Wildman–Crippen MR) is 88.2 cm³/mol. The maximum absolute atomic E-state index is 11.7. The van der Waals surface area contributed by atoms with Crippen molar-refractivity contribution in [1.29, 1.82) is 0 Å². The summed E-state index contributed by atoms with van der Waals surface area (Å²) in [5.41, 5.74) is 0.911. The summed E-state index contributed by atoms with van der Waals surface area (Å²) in [6, 6.07) is 12.2. The molecule has 1 amide bonds. The van der Waals surface area contributed by atoms with Crippen LogP contribution in [0.2, 0.25) is 5.02 Å². The number of benzene rings is 1. The Labute approximate surface area is 142 Å². The summed E-state index contributed by atoms with van der Waals surface area (Å²) in [6.07, 6.45) is 0.894. The van der Waals surface area contributed by atoms with Gasteiger partial charge in [-0.2, -0.15) is 0 Å². The monoisotopic (exact) mass is 347 g/mol. The van der Waals surface area contributed by atoms with Crippen molar-refractivity contribution < 1.29 is 18.5 Å². The minimum Gasteiger partial charge on any atom is -0.461 e. The molecule has 2 N–H and O–H groups in total. The van der Waals surface area contributed by atoms with E-state index in [0.29, 0.717) is 29.6 Å². The SMILES string of the molecule is O=C(NCCNc1ccc(Cl)cc1)Oc1cc(-c2ccco2)on1. The number of halogens is 1. The van der Waals surface area contributed by atoms with Gasteiger partial charge in [0.15, 0.2) is 5.76 Å². The fourth-order valence-electron chi connectivity index (χ4n) is 1.91. The first-order valence-electron chi connectivity index (χ1n) is 7.16. The van der Waals surface area contributed by atoms with Crippen LogP contribution >= 0.6 is 11.6 Å².